The third-order valence-corrected chi connectivity index (χ3v) is 6.96. The van der Waals surface area contributed by atoms with E-state index in [4.69, 9.17) is 14.2 Å². The van der Waals surface area contributed by atoms with Crippen LogP contribution in [0, 0.1) is 23.4 Å². The molecule has 0 aliphatic carbocycles. The van der Waals surface area contributed by atoms with Gasteiger partial charge >= 0.3 is 0 Å². The molecule has 0 amide bonds. The Kier molecular flexibility index (Phi) is 10.6. The van der Waals surface area contributed by atoms with Gasteiger partial charge in [-0.25, -0.2) is 8.78 Å². The van der Waals surface area contributed by atoms with Crippen LogP contribution in [0.1, 0.15) is 57.9 Å². The maximum Gasteiger partial charge on any atom is 0.201 e. The maximum atomic E-state index is 15.0. The summed E-state index contributed by atoms with van der Waals surface area (Å²) in [5.41, 5.74) is 2.38. The van der Waals surface area contributed by atoms with E-state index in [9.17, 15) is 13.2 Å². The van der Waals surface area contributed by atoms with Crippen LogP contribution in [0.4, 0.5) is 13.2 Å². The molecule has 0 spiro atoms. The summed E-state index contributed by atoms with van der Waals surface area (Å²) >= 11 is 0. The van der Waals surface area contributed by atoms with Crippen LogP contribution in [0.15, 0.2) is 60.7 Å². The molecular weight excluding hydrogens is 501 g/mol. The lowest BCUT2D eigenvalue weighted by Crippen LogP contribution is -2.30. The van der Waals surface area contributed by atoms with Gasteiger partial charge in [-0.15, -0.1) is 0 Å². The Labute approximate surface area is 229 Å². The zero-order valence-electron chi connectivity index (χ0n) is 22.7. The van der Waals surface area contributed by atoms with E-state index < -0.39 is 17.9 Å². The van der Waals surface area contributed by atoms with Gasteiger partial charge in [0.2, 0.25) is 5.82 Å². The van der Waals surface area contributed by atoms with Crippen LogP contribution in [0.3, 0.4) is 0 Å². The van der Waals surface area contributed by atoms with Gasteiger partial charge in [0.05, 0.1) is 19.8 Å². The van der Waals surface area contributed by atoms with Crippen LogP contribution in [0.2, 0.25) is 0 Å². The Balaban J connectivity index is 1.38. The average molecular weight is 539 g/mol. The van der Waals surface area contributed by atoms with E-state index in [1.807, 2.05) is 13.0 Å². The van der Waals surface area contributed by atoms with Crippen LogP contribution >= 0.6 is 0 Å². The molecule has 1 fully saturated rings. The molecule has 0 aromatic heterocycles. The van der Waals surface area contributed by atoms with Gasteiger partial charge in [-0.3, -0.25) is 0 Å². The zero-order valence-corrected chi connectivity index (χ0v) is 22.7. The van der Waals surface area contributed by atoms with E-state index in [-0.39, 0.29) is 17.1 Å². The van der Waals surface area contributed by atoms with Crippen molar-refractivity contribution in [2.24, 2.45) is 5.92 Å². The fourth-order valence-corrected chi connectivity index (χ4v) is 4.60. The highest BCUT2D eigenvalue weighted by molar-refractivity contribution is 5.72. The van der Waals surface area contributed by atoms with Gasteiger partial charge in [-0.2, -0.15) is 4.39 Å². The van der Waals surface area contributed by atoms with Crippen molar-refractivity contribution in [3.8, 4) is 28.0 Å². The minimum atomic E-state index is -1.00. The Morgan fingerprint density at radius 3 is 2.13 bits per heavy atom. The van der Waals surface area contributed by atoms with Crippen LogP contribution < -0.4 is 4.74 Å². The van der Waals surface area contributed by atoms with Crippen LogP contribution in [-0.4, -0.2) is 26.1 Å². The molecule has 1 heterocycles. The molecular formula is C33H37F3O3. The summed E-state index contributed by atoms with van der Waals surface area (Å²) in [4.78, 5) is 0. The average Bonchev–Trinajstić information content (AvgIpc) is 2.95. The fourth-order valence-electron chi connectivity index (χ4n) is 4.60. The summed E-state index contributed by atoms with van der Waals surface area (Å²) < 4.78 is 61.2. The van der Waals surface area contributed by atoms with Crippen molar-refractivity contribution < 1.29 is 27.4 Å². The highest BCUT2D eigenvalue weighted by Gasteiger charge is 2.20. The number of unbranched alkanes of at least 4 members (excludes halogenated alkanes) is 3. The number of hydrogen-bond acceptors (Lipinski definition) is 3. The minimum Gasteiger partial charge on any atom is -0.490 e. The number of halogens is 3. The Bertz CT molecular complexity index is 1230. The number of hydrogen-bond donors (Lipinski definition) is 0. The molecule has 0 N–H and O–H groups in total. The summed E-state index contributed by atoms with van der Waals surface area (Å²) in [6, 6.07) is 14.7. The molecule has 208 valence electrons. The molecule has 3 aromatic carbocycles. The first-order valence-corrected chi connectivity index (χ1v) is 13.9. The van der Waals surface area contributed by atoms with Gasteiger partial charge in [-0.1, -0.05) is 82.0 Å². The van der Waals surface area contributed by atoms with Gasteiger partial charge in [0.15, 0.2) is 17.9 Å². The van der Waals surface area contributed by atoms with E-state index in [2.05, 4.69) is 6.92 Å². The van der Waals surface area contributed by atoms with Gasteiger partial charge < -0.3 is 14.2 Å². The lowest BCUT2D eigenvalue weighted by molar-refractivity contribution is -0.175. The monoisotopic (exact) mass is 538 g/mol. The summed E-state index contributed by atoms with van der Waals surface area (Å²) in [5.74, 6) is -2.00. The van der Waals surface area contributed by atoms with Crippen molar-refractivity contribution in [2.45, 2.75) is 58.7 Å². The predicted molar refractivity (Wildman–Crippen MR) is 150 cm³/mol. The van der Waals surface area contributed by atoms with Crippen molar-refractivity contribution in [3.63, 3.8) is 0 Å². The SMILES string of the molecule is CCCCCC1COC(/C=C/c2ccc(-c3ccc(-c4ccc(OCCCC)c(F)c4F)cc3)c(F)c2)OC1. The number of benzene rings is 3. The molecule has 0 unspecified atom stereocenters. The van der Waals surface area contributed by atoms with E-state index in [0.717, 1.165) is 19.3 Å². The van der Waals surface area contributed by atoms with Crippen molar-refractivity contribution in [3.05, 3.63) is 83.7 Å². The maximum absolute atomic E-state index is 15.0. The minimum absolute atomic E-state index is 0.0919. The first kappa shape index (κ1) is 28.9. The van der Waals surface area contributed by atoms with Crippen molar-refractivity contribution in [2.75, 3.05) is 19.8 Å². The third kappa shape index (κ3) is 7.74. The van der Waals surface area contributed by atoms with E-state index in [1.165, 1.54) is 37.5 Å². The molecule has 6 heteroatoms. The van der Waals surface area contributed by atoms with Gasteiger partial charge in [0.1, 0.15) is 5.82 Å². The standard InChI is InChI=1S/C33H37F3O3/c1-3-5-7-8-24-21-38-31(39-22-24)18-10-23-9-15-27(29(34)20-23)25-11-13-26(14-12-25)28-16-17-30(33(36)32(28)35)37-19-6-4-2/h9-18,20,24,31H,3-8,19,21-22H2,1-2H3/b18-10+. The second-order valence-corrected chi connectivity index (χ2v) is 10.0. The molecule has 0 bridgehead atoms. The number of rotatable bonds is 12. The van der Waals surface area contributed by atoms with Crippen LogP contribution in [0.25, 0.3) is 28.3 Å². The third-order valence-electron chi connectivity index (χ3n) is 6.96. The second-order valence-electron chi connectivity index (χ2n) is 10.0. The van der Waals surface area contributed by atoms with Crippen molar-refractivity contribution in [1.29, 1.82) is 0 Å². The Morgan fingerprint density at radius 2 is 1.46 bits per heavy atom. The topological polar surface area (TPSA) is 27.7 Å². The molecule has 0 radical (unpaired) electrons. The van der Waals surface area contributed by atoms with Crippen molar-refractivity contribution in [1.82, 2.24) is 0 Å². The number of ether oxygens (including phenoxy) is 3. The van der Waals surface area contributed by atoms with Gasteiger partial charge in [0.25, 0.3) is 0 Å². The normalized spacial score (nSPS) is 17.6. The Morgan fingerprint density at radius 1 is 0.795 bits per heavy atom. The van der Waals surface area contributed by atoms with Crippen molar-refractivity contribution >= 4 is 6.08 Å². The molecule has 3 aromatic rings. The molecule has 4 rings (SSSR count). The van der Waals surface area contributed by atoms with E-state index in [1.54, 1.807) is 42.5 Å². The zero-order chi connectivity index (χ0) is 27.6. The lowest BCUT2D eigenvalue weighted by atomic mass is 9.98. The molecule has 0 saturated carbocycles. The first-order chi connectivity index (χ1) is 19.0. The summed E-state index contributed by atoms with van der Waals surface area (Å²) in [6.45, 7) is 5.88. The van der Waals surface area contributed by atoms with Crippen LogP contribution in [0.5, 0.6) is 5.75 Å². The molecule has 39 heavy (non-hydrogen) atoms. The van der Waals surface area contributed by atoms with Gasteiger partial charge in [0, 0.05) is 17.0 Å². The second kappa shape index (κ2) is 14.3. The predicted octanol–water partition coefficient (Wildman–Crippen LogP) is 9.20. The highest BCUT2D eigenvalue weighted by Crippen LogP contribution is 2.32. The summed E-state index contributed by atoms with van der Waals surface area (Å²) in [7, 11) is 0. The fraction of sp³-hybridized carbons (Fsp3) is 0.394. The molecule has 1 aliphatic heterocycles. The molecule has 3 nitrogen and oxygen atoms in total. The van der Waals surface area contributed by atoms with E-state index in [0.29, 0.717) is 48.0 Å². The summed E-state index contributed by atoms with van der Waals surface area (Å²) in [6.07, 6.45) is 9.58. The first-order valence-electron chi connectivity index (χ1n) is 13.9. The molecule has 0 atom stereocenters. The lowest BCUT2D eigenvalue weighted by Gasteiger charge is -2.27. The quantitative estimate of drug-likeness (QED) is 0.215. The smallest absolute Gasteiger partial charge is 0.201 e. The largest absolute Gasteiger partial charge is 0.490 e. The highest BCUT2D eigenvalue weighted by atomic mass is 19.2. The van der Waals surface area contributed by atoms with Gasteiger partial charge in [-0.05, 0) is 53.8 Å². The molecule has 1 aliphatic rings. The van der Waals surface area contributed by atoms with Crippen LogP contribution in [-0.2, 0) is 9.47 Å². The van der Waals surface area contributed by atoms with E-state index >= 15 is 0 Å². The summed E-state index contributed by atoms with van der Waals surface area (Å²) in [5, 5.41) is 0. The molecule has 1 saturated heterocycles. The Hall–Kier alpha value is -3.09.